The zero-order valence-corrected chi connectivity index (χ0v) is 12.7. The summed E-state index contributed by atoms with van der Waals surface area (Å²) in [5.41, 5.74) is 7.08. The molecule has 0 aromatic heterocycles. The van der Waals surface area contributed by atoms with Crippen molar-refractivity contribution in [1.82, 2.24) is 10.6 Å². The van der Waals surface area contributed by atoms with Crippen molar-refractivity contribution in [2.24, 2.45) is 5.73 Å². The Morgan fingerprint density at radius 3 is 2.43 bits per heavy atom. The van der Waals surface area contributed by atoms with E-state index in [0.29, 0.717) is 18.1 Å². The van der Waals surface area contributed by atoms with Gasteiger partial charge in [0, 0.05) is 19.2 Å². The molecule has 0 bridgehead atoms. The van der Waals surface area contributed by atoms with E-state index in [1.807, 2.05) is 0 Å². The molecule has 0 aliphatic carbocycles. The molecular weight excluding hydrogens is 290 g/mol. The van der Waals surface area contributed by atoms with Crippen LogP contribution in [0, 0.1) is 0 Å². The summed E-state index contributed by atoms with van der Waals surface area (Å²) in [5.74, 6) is -0.468. The number of thiocarbonyl (C=S) groups is 1. The van der Waals surface area contributed by atoms with Gasteiger partial charge in [0.2, 0.25) is 11.8 Å². The second-order valence-corrected chi connectivity index (χ2v) is 4.80. The van der Waals surface area contributed by atoms with E-state index in [2.05, 4.69) is 10.6 Å². The molecule has 1 aromatic rings. The molecule has 6 nitrogen and oxygen atoms in total. The fourth-order valence-corrected chi connectivity index (χ4v) is 1.70. The second-order valence-electron chi connectivity index (χ2n) is 4.36. The quantitative estimate of drug-likeness (QED) is 0.454. The van der Waals surface area contributed by atoms with E-state index in [4.69, 9.17) is 22.7 Å². The predicted molar refractivity (Wildman–Crippen MR) is 83.9 cm³/mol. The van der Waals surface area contributed by atoms with Crippen LogP contribution in [-0.4, -0.2) is 43.6 Å². The lowest BCUT2D eigenvalue weighted by Crippen LogP contribution is -2.38. The number of rotatable bonds is 8. The fourth-order valence-electron chi connectivity index (χ4n) is 1.57. The van der Waals surface area contributed by atoms with Crippen LogP contribution in [0.1, 0.15) is 11.1 Å². The summed E-state index contributed by atoms with van der Waals surface area (Å²) in [6, 6.07) is 7.10. The van der Waals surface area contributed by atoms with Crippen LogP contribution in [0.5, 0.6) is 0 Å². The van der Waals surface area contributed by atoms with E-state index in [0.717, 1.165) is 11.1 Å². The monoisotopic (exact) mass is 309 g/mol. The van der Waals surface area contributed by atoms with Gasteiger partial charge in [0.25, 0.3) is 0 Å². The Balaban J connectivity index is 2.33. The summed E-state index contributed by atoms with van der Waals surface area (Å²) in [4.78, 5) is 23.4. The van der Waals surface area contributed by atoms with Crippen molar-refractivity contribution >= 4 is 29.0 Å². The fraction of sp³-hybridized carbons (Fsp3) is 0.357. The van der Waals surface area contributed by atoms with Gasteiger partial charge in [-0.1, -0.05) is 36.5 Å². The molecule has 0 atom stereocenters. The summed E-state index contributed by atoms with van der Waals surface area (Å²) in [6.07, 6.45) is 0.197. The predicted octanol–water partition coefficient (Wildman–Crippen LogP) is -0.258. The maximum Gasteiger partial charge on any atom is 0.239 e. The number of amides is 2. The van der Waals surface area contributed by atoms with Crippen LogP contribution in [0.15, 0.2) is 24.3 Å². The third-order valence-electron chi connectivity index (χ3n) is 2.68. The van der Waals surface area contributed by atoms with Gasteiger partial charge in [-0.3, -0.25) is 9.59 Å². The molecule has 0 aliphatic heterocycles. The number of carbonyl (C=O) groups is 2. The van der Waals surface area contributed by atoms with Crippen molar-refractivity contribution in [3.8, 4) is 0 Å². The molecule has 0 spiro atoms. The number of nitrogens with one attached hydrogen (secondary N) is 2. The third-order valence-corrected chi connectivity index (χ3v) is 2.91. The van der Waals surface area contributed by atoms with Crippen LogP contribution in [0.25, 0.3) is 0 Å². The highest BCUT2D eigenvalue weighted by molar-refractivity contribution is 7.80. The number of hydrogen-bond donors (Lipinski definition) is 3. The molecule has 1 rings (SSSR count). The molecule has 21 heavy (non-hydrogen) atoms. The van der Waals surface area contributed by atoms with Gasteiger partial charge in [-0.05, 0) is 5.56 Å². The number of hydrogen-bond acceptors (Lipinski definition) is 4. The first-order chi connectivity index (χ1) is 10.0. The highest BCUT2D eigenvalue weighted by atomic mass is 32.1. The largest absolute Gasteiger partial charge is 0.389 e. The molecule has 0 radical (unpaired) electrons. The average Bonchev–Trinajstić information content (AvgIpc) is 2.46. The minimum atomic E-state index is -0.246. The molecule has 0 unspecified atom stereocenters. The zero-order valence-electron chi connectivity index (χ0n) is 11.8. The Kier molecular flexibility index (Phi) is 7.34. The molecule has 1 aromatic carbocycles. The number of carbonyl (C=O) groups excluding carboxylic acids is 2. The third kappa shape index (κ3) is 6.82. The van der Waals surface area contributed by atoms with E-state index < -0.39 is 0 Å². The molecule has 0 saturated heterocycles. The van der Waals surface area contributed by atoms with Crippen LogP contribution in [0.4, 0.5) is 0 Å². The molecule has 0 saturated carbocycles. The molecule has 0 aliphatic rings. The summed E-state index contributed by atoms with van der Waals surface area (Å²) < 4.78 is 4.80. The van der Waals surface area contributed by atoms with Crippen LogP contribution in [0.3, 0.4) is 0 Å². The SMILES string of the molecule is COCCNC(=O)CNC(=O)Cc1ccc(C(N)=S)cc1. The Bertz CT molecular complexity index is 503. The Hall–Kier alpha value is -1.99. The van der Waals surface area contributed by atoms with Crippen molar-refractivity contribution in [3.63, 3.8) is 0 Å². The Morgan fingerprint density at radius 2 is 1.86 bits per heavy atom. The van der Waals surface area contributed by atoms with Gasteiger partial charge in [0.05, 0.1) is 19.6 Å². The van der Waals surface area contributed by atoms with Crippen LogP contribution < -0.4 is 16.4 Å². The van der Waals surface area contributed by atoms with Gasteiger partial charge in [-0.15, -0.1) is 0 Å². The van der Waals surface area contributed by atoms with Gasteiger partial charge < -0.3 is 21.1 Å². The van der Waals surface area contributed by atoms with Gasteiger partial charge in [-0.25, -0.2) is 0 Å². The highest BCUT2D eigenvalue weighted by Crippen LogP contribution is 2.05. The molecule has 0 fully saturated rings. The number of methoxy groups -OCH3 is 1. The second kappa shape index (κ2) is 9.04. The summed E-state index contributed by atoms with van der Waals surface area (Å²) in [7, 11) is 1.55. The summed E-state index contributed by atoms with van der Waals surface area (Å²) in [5, 5.41) is 5.17. The van der Waals surface area contributed by atoms with Crippen molar-refractivity contribution < 1.29 is 14.3 Å². The molecule has 7 heteroatoms. The van der Waals surface area contributed by atoms with Crippen LogP contribution >= 0.6 is 12.2 Å². The Labute approximate surface area is 129 Å². The number of nitrogens with two attached hydrogens (primary N) is 1. The van der Waals surface area contributed by atoms with E-state index in [9.17, 15) is 9.59 Å². The van der Waals surface area contributed by atoms with Crippen LogP contribution in [-0.2, 0) is 20.7 Å². The lowest BCUT2D eigenvalue weighted by Gasteiger charge is -2.07. The minimum absolute atomic E-state index is 0.0481. The van der Waals surface area contributed by atoms with E-state index in [1.54, 1.807) is 31.4 Å². The average molecular weight is 309 g/mol. The van der Waals surface area contributed by atoms with Crippen molar-refractivity contribution in [2.45, 2.75) is 6.42 Å². The summed E-state index contributed by atoms with van der Waals surface area (Å²) in [6.45, 7) is 0.814. The van der Waals surface area contributed by atoms with E-state index >= 15 is 0 Å². The minimum Gasteiger partial charge on any atom is -0.389 e. The first-order valence-corrected chi connectivity index (χ1v) is 6.85. The lowest BCUT2D eigenvalue weighted by molar-refractivity contribution is -0.125. The van der Waals surface area contributed by atoms with E-state index in [1.165, 1.54) is 0 Å². The maximum atomic E-state index is 11.7. The zero-order chi connectivity index (χ0) is 15.7. The topological polar surface area (TPSA) is 93.5 Å². The number of benzene rings is 1. The van der Waals surface area contributed by atoms with Gasteiger partial charge >= 0.3 is 0 Å². The maximum absolute atomic E-state index is 11.7. The standard InChI is InChI=1S/C14H19N3O3S/c1-20-7-6-16-13(19)9-17-12(18)8-10-2-4-11(5-3-10)14(15)21/h2-5H,6-9H2,1H3,(H2,15,21)(H,16,19)(H,17,18). The van der Waals surface area contributed by atoms with Gasteiger partial charge in [0.15, 0.2) is 0 Å². The Morgan fingerprint density at radius 1 is 1.19 bits per heavy atom. The molecule has 114 valence electrons. The van der Waals surface area contributed by atoms with Crippen LogP contribution in [0.2, 0.25) is 0 Å². The van der Waals surface area contributed by atoms with Crippen molar-refractivity contribution in [1.29, 1.82) is 0 Å². The highest BCUT2D eigenvalue weighted by Gasteiger charge is 2.06. The number of ether oxygens (including phenoxy) is 1. The molecule has 0 heterocycles. The smallest absolute Gasteiger partial charge is 0.239 e. The lowest BCUT2D eigenvalue weighted by atomic mass is 10.1. The van der Waals surface area contributed by atoms with Crippen molar-refractivity contribution in [3.05, 3.63) is 35.4 Å². The first kappa shape index (κ1) is 17.1. The normalized spacial score (nSPS) is 9.95. The van der Waals surface area contributed by atoms with E-state index in [-0.39, 0.29) is 24.8 Å². The molecule has 2 amide bonds. The summed E-state index contributed by atoms with van der Waals surface area (Å²) >= 11 is 4.85. The van der Waals surface area contributed by atoms with Crippen molar-refractivity contribution in [2.75, 3.05) is 26.8 Å². The van der Waals surface area contributed by atoms with Gasteiger partial charge in [-0.2, -0.15) is 0 Å². The first-order valence-electron chi connectivity index (χ1n) is 6.44. The molecule has 4 N–H and O–H groups in total. The van der Waals surface area contributed by atoms with Gasteiger partial charge in [0.1, 0.15) is 4.99 Å². The molecular formula is C14H19N3O3S.